The molecule has 2 aliphatic rings. The van der Waals surface area contributed by atoms with Crippen molar-refractivity contribution in [2.45, 2.75) is 23.6 Å². The Morgan fingerprint density at radius 3 is 1.47 bits per heavy atom. The number of carbonyl (C=O) groups excluding carboxylic acids is 2. The molecule has 0 saturated carbocycles. The second-order valence-electron chi connectivity index (χ2n) is 13.6. The van der Waals surface area contributed by atoms with Crippen LogP contribution < -0.4 is 16.4 Å². The van der Waals surface area contributed by atoms with Crippen LogP contribution in [0.15, 0.2) is 84.9 Å². The van der Waals surface area contributed by atoms with E-state index in [1.807, 2.05) is 0 Å². The Balaban J connectivity index is 0.000000193. The molecule has 2 fully saturated rings. The number of benzene rings is 4. The van der Waals surface area contributed by atoms with Crippen molar-refractivity contribution in [1.82, 2.24) is 30.2 Å². The molecule has 15 nitrogen and oxygen atoms in total. The first-order chi connectivity index (χ1) is 29.0. The third-order valence-electron chi connectivity index (χ3n) is 9.66. The first-order valence-electron chi connectivity index (χ1n) is 18.8. The van der Waals surface area contributed by atoms with E-state index in [9.17, 15) is 38.2 Å². The van der Waals surface area contributed by atoms with Gasteiger partial charge in [-0.05, 0) is 55.6 Å². The number of carbonyl (C=O) groups is 4. The number of nitrogens with zero attached hydrogens (tertiary/aromatic N) is 4. The molecule has 2 aromatic heterocycles. The van der Waals surface area contributed by atoms with Gasteiger partial charge in [0, 0.05) is 84.0 Å². The van der Waals surface area contributed by atoms with Crippen molar-refractivity contribution >= 4 is 80.5 Å². The van der Waals surface area contributed by atoms with Crippen molar-refractivity contribution in [2.24, 2.45) is 5.73 Å². The summed E-state index contributed by atoms with van der Waals surface area (Å²) in [4.78, 5) is 52.2. The van der Waals surface area contributed by atoms with Crippen molar-refractivity contribution in [1.29, 1.82) is 0 Å². The van der Waals surface area contributed by atoms with Crippen LogP contribution in [0.3, 0.4) is 0 Å². The lowest BCUT2D eigenvalue weighted by Gasteiger charge is -2.31. The monoisotopic (exact) mass is 859 g/mol. The lowest BCUT2D eigenvalue weighted by Crippen LogP contribution is -2.43. The van der Waals surface area contributed by atoms with Crippen LogP contribution in [0, 0.1) is 11.6 Å². The highest BCUT2D eigenvalue weighted by molar-refractivity contribution is 8.01. The highest BCUT2D eigenvalue weighted by Gasteiger charge is 2.29. The molecule has 0 aliphatic carbocycles. The van der Waals surface area contributed by atoms with E-state index in [-0.39, 0.29) is 45.3 Å². The molecule has 2 atom stereocenters. The van der Waals surface area contributed by atoms with E-state index in [4.69, 9.17) is 0 Å². The van der Waals surface area contributed by atoms with Gasteiger partial charge in [-0.1, -0.05) is 36.4 Å². The van der Waals surface area contributed by atoms with Gasteiger partial charge in [0.25, 0.3) is 0 Å². The molecule has 4 aromatic carbocycles. The molecule has 314 valence electrons. The summed E-state index contributed by atoms with van der Waals surface area (Å²) in [6.45, 7) is 3.51. The average Bonchev–Trinajstić information content (AvgIpc) is 3.88. The summed E-state index contributed by atoms with van der Waals surface area (Å²) in [6.07, 6.45) is 0. The van der Waals surface area contributed by atoms with Crippen molar-refractivity contribution < 1.29 is 38.2 Å². The number of halogens is 2. The average molecular weight is 860 g/mol. The van der Waals surface area contributed by atoms with Crippen LogP contribution in [0.4, 0.5) is 20.2 Å². The summed E-state index contributed by atoms with van der Waals surface area (Å²) < 4.78 is 27.8. The van der Waals surface area contributed by atoms with Crippen molar-refractivity contribution in [3.8, 4) is 0 Å². The zero-order valence-electron chi connectivity index (χ0n) is 32.4. The Morgan fingerprint density at radius 1 is 0.683 bits per heavy atom. The second kappa shape index (κ2) is 20.4. The van der Waals surface area contributed by atoms with Gasteiger partial charge in [0.05, 0.1) is 21.5 Å². The van der Waals surface area contributed by atoms with Gasteiger partial charge in [-0.3, -0.25) is 29.6 Å². The molecule has 8 rings (SSSR count). The number of carboxylic acids is 2. The maximum Gasteiger partial charge on any atom is 0.357 e. The molecule has 8 N–H and O–H groups in total. The Hall–Kier alpha value is -5.86. The van der Waals surface area contributed by atoms with Gasteiger partial charge in [-0.2, -0.15) is 10.2 Å². The standard InChI is InChI=1S/2C20H19FN4O3S.CH5N/c2*21-15-4-2-1-3-12(15)10-25-7-8-29-17(11-25)19(26)22-13-5-6-16-14(9-13)18(20(27)28)24-23-16;1-2/h2*1-6,9,17H,7-8,10-11H2,(H,22,26)(H,23,24)(H,27,28);2H2,1H3. The number of fused-ring (bicyclic) bond motifs is 2. The third-order valence-corrected chi connectivity index (χ3v) is 12.0. The van der Waals surface area contributed by atoms with Crippen LogP contribution in [-0.2, 0) is 22.7 Å². The number of hydrogen-bond acceptors (Lipinski definition) is 11. The Kier molecular flexibility index (Phi) is 14.9. The number of carboxylic acid groups (broad SMARTS) is 2. The summed E-state index contributed by atoms with van der Waals surface area (Å²) in [5.41, 5.74) is 7.76. The molecule has 19 heteroatoms. The van der Waals surface area contributed by atoms with Crippen LogP contribution in [-0.4, -0.2) is 119 Å². The number of aromatic nitrogens is 4. The van der Waals surface area contributed by atoms with E-state index >= 15 is 0 Å². The summed E-state index contributed by atoms with van der Waals surface area (Å²) in [5.74, 6) is -1.52. The maximum atomic E-state index is 13.9. The zero-order chi connectivity index (χ0) is 42.8. The first-order valence-corrected chi connectivity index (χ1v) is 20.9. The molecule has 4 heterocycles. The number of aromatic carboxylic acids is 2. The Labute approximate surface area is 351 Å². The predicted molar refractivity (Wildman–Crippen MR) is 229 cm³/mol. The van der Waals surface area contributed by atoms with Gasteiger partial charge in [0.15, 0.2) is 11.4 Å². The molecule has 60 heavy (non-hydrogen) atoms. The number of nitrogens with one attached hydrogen (secondary N) is 4. The molecule has 0 spiro atoms. The van der Waals surface area contributed by atoms with E-state index < -0.39 is 11.9 Å². The van der Waals surface area contributed by atoms with Gasteiger partial charge in [-0.15, -0.1) is 23.5 Å². The van der Waals surface area contributed by atoms with Gasteiger partial charge >= 0.3 is 11.9 Å². The molecular weight excluding hydrogens is 817 g/mol. The molecule has 6 aromatic rings. The van der Waals surface area contributed by atoms with Crippen LogP contribution in [0.2, 0.25) is 0 Å². The lowest BCUT2D eigenvalue weighted by molar-refractivity contribution is -0.117. The molecular formula is C41H43F2N9O6S2. The molecule has 2 saturated heterocycles. The Bertz CT molecular complexity index is 2310. The number of hydrogen-bond donors (Lipinski definition) is 7. The number of H-pyrrole nitrogens is 2. The van der Waals surface area contributed by atoms with Crippen molar-refractivity contribution in [3.05, 3.63) is 119 Å². The minimum absolute atomic E-state index is 0.0841. The second-order valence-corrected chi connectivity index (χ2v) is 16.2. The van der Waals surface area contributed by atoms with Gasteiger partial charge in [0.1, 0.15) is 11.6 Å². The van der Waals surface area contributed by atoms with Gasteiger partial charge in [-0.25, -0.2) is 18.4 Å². The van der Waals surface area contributed by atoms with E-state index in [0.717, 1.165) is 24.6 Å². The molecule has 0 radical (unpaired) electrons. The highest BCUT2D eigenvalue weighted by Crippen LogP contribution is 2.27. The minimum Gasteiger partial charge on any atom is -0.476 e. The number of nitrogens with two attached hydrogens (primary N) is 1. The van der Waals surface area contributed by atoms with Gasteiger partial charge in [0.2, 0.25) is 11.8 Å². The summed E-state index contributed by atoms with van der Waals surface area (Å²) in [6, 6.07) is 23.3. The van der Waals surface area contributed by atoms with Crippen molar-refractivity contribution in [3.63, 3.8) is 0 Å². The van der Waals surface area contributed by atoms with Crippen LogP contribution in [0.1, 0.15) is 32.1 Å². The lowest BCUT2D eigenvalue weighted by atomic mass is 10.1. The summed E-state index contributed by atoms with van der Waals surface area (Å²) in [5, 5.41) is 37.3. The van der Waals surface area contributed by atoms with Crippen LogP contribution >= 0.6 is 23.5 Å². The predicted octanol–water partition coefficient (Wildman–Crippen LogP) is 5.49. The molecule has 2 aliphatic heterocycles. The SMILES string of the molecule is CN.O=C(O)c1n[nH]c2ccc(NC(=O)C3CN(Cc4ccccc4F)CCS3)cc12.O=C(O)c1n[nH]c2ccc(NC(=O)C3CN(Cc4ccccc4F)CCS3)cc12. The molecule has 2 amide bonds. The molecule has 2 unspecified atom stereocenters. The number of anilines is 2. The number of thioether (sulfide) groups is 2. The van der Waals surface area contributed by atoms with E-state index in [1.165, 1.54) is 19.2 Å². The summed E-state index contributed by atoms with van der Waals surface area (Å²) >= 11 is 3.12. The Morgan fingerprint density at radius 2 is 1.08 bits per heavy atom. The van der Waals surface area contributed by atoms with Crippen LogP contribution in [0.5, 0.6) is 0 Å². The van der Waals surface area contributed by atoms with E-state index in [2.05, 4.69) is 46.6 Å². The normalized spacial score (nSPS) is 16.9. The quantitative estimate of drug-likeness (QED) is 0.0907. The van der Waals surface area contributed by atoms with Gasteiger partial charge < -0.3 is 26.6 Å². The largest absolute Gasteiger partial charge is 0.476 e. The third kappa shape index (κ3) is 10.8. The fourth-order valence-corrected chi connectivity index (χ4v) is 9.05. The van der Waals surface area contributed by atoms with Crippen molar-refractivity contribution in [2.75, 3.05) is 55.4 Å². The topological polar surface area (TPSA) is 223 Å². The zero-order valence-corrected chi connectivity index (χ0v) is 34.0. The fourth-order valence-electron chi connectivity index (χ4n) is 6.70. The number of rotatable bonds is 10. The minimum atomic E-state index is -1.13. The number of amides is 2. The number of aromatic amines is 2. The fraction of sp³-hybridized carbons (Fsp3) is 0.268. The van der Waals surface area contributed by atoms with E-state index in [1.54, 1.807) is 96.3 Å². The molecule has 0 bridgehead atoms. The smallest absolute Gasteiger partial charge is 0.357 e. The van der Waals surface area contributed by atoms with Crippen LogP contribution in [0.25, 0.3) is 21.8 Å². The summed E-state index contributed by atoms with van der Waals surface area (Å²) in [7, 11) is 1.50. The first kappa shape index (κ1) is 43.7. The highest BCUT2D eigenvalue weighted by atomic mass is 32.2. The maximum absolute atomic E-state index is 13.9. The van der Waals surface area contributed by atoms with E-state index in [0.29, 0.717) is 70.5 Å².